The third-order valence-electron chi connectivity index (χ3n) is 5.08. The summed E-state index contributed by atoms with van der Waals surface area (Å²) in [5.74, 6) is 1.09. The second-order valence-corrected chi connectivity index (χ2v) is 7.35. The monoisotopic (exact) mass is 345 g/mol. The fourth-order valence-electron chi connectivity index (χ4n) is 3.28. The van der Waals surface area contributed by atoms with Crippen molar-refractivity contribution < 1.29 is 9.13 Å². The summed E-state index contributed by atoms with van der Waals surface area (Å²) in [6.07, 6.45) is 11.9. The number of hydrogen-bond donors (Lipinski definition) is 1. The van der Waals surface area contributed by atoms with Crippen molar-refractivity contribution >= 4 is 11.6 Å². The average molecular weight is 345 g/mol. The van der Waals surface area contributed by atoms with Gasteiger partial charge < -0.3 is 10.1 Å². The van der Waals surface area contributed by atoms with Gasteiger partial charge in [0.05, 0.1) is 30.7 Å². The van der Waals surface area contributed by atoms with Gasteiger partial charge in [0.25, 0.3) is 5.88 Å². The van der Waals surface area contributed by atoms with Gasteiger partial charge in [-0.05, 0) is 37.5 Å². The highest BCUT2D eigenvalue weighted by atomic mass is 19.1. The van der Waals surface area contributed by atoms with Crippen LogP contribution < -0.4 is 10.1 Å². The molecule has 7 heteroatoms. The molecular formula is C18H24FN5O. The summed E-state index contributed by atoms with van der Waals surface area (Å²) in [5, 5.41) is 7.38. The van der Waals surface area contributed by atoms with E-state index < -0.39 is 5.82 Å². The molecule has 2 aromatic heterocycles. The summed E-state index contributed by atoms with van der Waals surface area (Å²) in [6, 6.07) is 0.516. The Kier molecular flexibility index (Phi) is 4.55. The van der Waals surface area contributed by atoms with Crippen molar-refractivity contribution in [3.8, 4) is 5.88 Å². The summed E-state index contributed by atoms with van der Waals surface area (Å²) in [6.45, 7) is 2.80. The fraction of sp³-hybridized carbons (Fsp3) is 0.611. The van der Waals surface area contributed by atoms with E-state index in [-0.39, 0.29) is 5.88 Å². The molecule has 0 unspecified atom stereocenters. The van der Waals surface area contributed by atoms with Gasteiger partial charge in [-0.3, -0.25) is 4.68 Å². The van der Waals surface area contributed by atoms with Crippen molar-refractivity contribution in [3.05, 3.63) is 24.4 Å². The van der Waals surface area contributed by atoms with E-state index in [1.807, 2.05) is 10.9 Å². The Morgan fingerprint density at radius 3 is 2.76 bits per heavy atom. The van der Waals surface area contributed by atoms with Crippen LogP contribution in [0.5, 0.6) is 5.88 Å². The molecule has 1 N–H and O–H groups in total. The van der Waals surface area contributed by atoms with Crippen molar-refractivity contribution in [2.45, 2.75) is 51.5 Å². The molecule has 0 amide bonds. The molecule has 134 valence electrons. The molecule has 2 aliphatic rings. The van der Waals surface area contributed by atoms with Gasteiger partial charge in [-0.1, -0.05) is 19.8 Å². The standard InChI is InChI=1S/C18H24FN5O/c1-12-2-4-13(5-3-12)11-25-17-16(19)9-20-18(23-17)22-14-8-21-24(10-14)15-6-7-15/h8-10,12-13,15H,2-7,11H2,1H3,(H,20,22,23). The van der Waals surface area contributed by atoms with Crippen LogP contribution in [-0.4, -0.2) is 26.4 Å². The van der Waals surface area contributed by atoms with Crippen LogP contribution in [0.25, 0.3) is 0 Å². The third kappa shape index (κ3) is 4.08. The van der Waals surface area contributed by atoms with E-state index in [9.17, 15) is 4.39 Å². The zero-order valence-corrected chi connectivity index (χ0v) is 14.5. The Labute approximate surface area is 146 Å². The molecule has 2 fully saturated rings. The van der Waals surface area contributed by atoms with Crippen LogP contribution in [-0.2, 0) is 0 Å². The number of hydrogen-bond acceptors (Lipinski definition) is 5. The summed E-state index contributed by atoms with van der Waals surface area (Å²) in [7, 11) is 0. The van der Waals surface area contributed by atoms with Crippen molar-refractivity contribution in [2.75, 3.05) is 11.9 Å². The lowest BCUT2D eigenvalue weighted by Crippen LogP contribution is -2.19. The molecule has 4 rings (SSSR count). The van der Waals surface area contributed by atoms with Crippen LogP contribution in [0, 0.1) is 17.7 Å². The van der Waals surface area contributed by atoms with Crippen LogP contribution >= 0.6 is 0 Å². The first kappa shape index (κ1) is 16.3. The van der Waals surface area contributed by atoms with Gasteiger partial charge in [0, 0.05) is 6.20 Å². The van der Waals surface area contributed by atoms with Gasteiger partial charge in [0.2, 0.25) is 11.8 Å². The molecule has 2 heterocycles. The van der Waals surface area contributed by atoms with Crippen LogP contribution in [0.4, 0.5) is 16.0 Å². The molecule has 0 atom stereocenters. The van der Waals surface area contributed by atoms with Gasteiger partial charge in [0.15, 0.2) is 0 Å². The normalized spacial score (nSPS) is 23.4. The van der Waals surface area contributed by atoms with Crippen molar-refractivity contribution in [1.82, 2.24) is 19.7 Å². The smallest absolute Gasteiger partial charge is 0.255 e. The summed E-state index contributed by atoms with van der Waals surface area (Å²) < 4.78 is 21.5. The van der Waals surface area contributed by atoms with Crippen LogP contribution in [0.3, 0.4) is 0 Å². The number of nitrogens with one attached hydrogen (secondary N) is 1. The number of aromatic nitrogens is 4. The summed E-state index contributed by atoms with van der Waals surface area (Å²) >= 11 is 0. The molecule has 2 saturated carbocycles. The van der Waals surface area contributed by atoms with Gasteiger partial charge in [0.1, 0.15) is 0 Å². The lowest BCUT2D eigenvalue weighted by molar-refractivity contribution is 0.178. The second-order valence-electron chi connectivity index (χ2n) is 7.35. The average Bonchev–Trinajstić information content (AvgIpc) is 3.36. The van der Waals surface area contributed by atoms with Gasteiger partial charge in [-0.15, -0.1) is 0 Å². The highest BCUT2D eigenvalue weighted by Gasteiger charge is 2.24. The van der Waals surface area contributed by atoms with Crippen LogP contribution in [0.15, 0.2) is 18.6 Å². The quantitative estimate of drug-likeness (QED) is 0.854. The number of halogens is 1. The van der Waals surface area contributed by atoms with Gasteiger partial charge in [-0.25, -0.2) is 4.98 Å². The van der Waals surface area contributed by atoms with E-state index in [1.54, 1.807) is 6.20 Å². The molecule has 2 aromatic rings. The Bertz CT molecular complexity index is 722. The number of rotatable bonds is 6. The first-order valence-corrected chi connectivity index (χ1v) is 9.14. The molecular weight excluding hydrogens is 321 g/mol. The van der Waals surface area contributed by atoms with Gasteiger partial charge in [-0.2, -0.15) is 14.5 Å². The first-order chi connectivity index (χ1) is 12.2. The Hall–Kier alpha value is -2.18. The lowest BCUT2D eigenvalue weighted by Gasteiger charge is -2.25. The second kappa shape index (κ2) is 6.98. The molecule has 6 nitrogen and oxygen atoms in total. The highest BCUT2D eigenvalue weighted by Crippen LogP contribution is 2.34. The van der Waals surface area contributed by atoms with E-state index >= 15 is 0 Å². The maximum atomic E-state index is 13.9. The summed E-state index contributed by atoms with van der Waals surface area (Å²) in [4.78, 5) is 8.17. The SMILES string of the molecule is CC1CCC(COc2nc(Nc3cnn(C4CC4)c3)ncc2F)CC1. The fourth-order valence-corrected chi connectivity index (χ4v) is 3.28. The molecule has 0 aromatic carbocycles. The molecule has 2 aliphatic carbocycles. The van der Waals surface area contributed by atoms with Crippen LogP contribution in [0.2, 0.25) is 0 Å². The maximum absolute atomic E-state index is 13.9. The molecule has 0 aliphatic heterocycles. The van der Waals surface area contributed by atoms with Crippen molar-refractivity contribution in [3.63, 3.8) is 0 Å². The number of anilines is 2. The van der Waals surface area contributed by atoms with Crippen LogP contribution in [0.1, 0.15) is 51.5 Å². The number of nitrogens with zero attached hydrogens (tertiary/aromatic N) is 4. The highest BCUT2D eigenvalue weighted by molar-refractivity contribution is 5.50. The van der Waals surface area contributed by atoms with Crippen molar-refractivity contribution in [2.24, 2.45) is 11.8 Å². The van der Waals surface area contributed by atoms with E-state index in [0.29, 0.717) is 24.5 Å². The number of ether oxygens (including phenoxy) is 1. The topological polar surface area (TPSA) is 64.9 Å². The predicted octanol–water partition coefficient (Wildman–Crippen LogP) is 4.10. The minimum atomic E-state index is -0.525. The zero-order chi connectivity index (χ0) is 17.2. The minimum absolute atomic E-state index is 0.0192. The van der Waals surface area contributed by atoms with Gasteiger partial charge >= 0.3 is 0 Å². The van der Waals surface area contributed by atoms with Crippen molar-refractivity contribution in [1.29, 1.82) is 0 Å². The molecule has 0 spiro atoms. The summed E-state index contributed by atoms with van der Waals surface area (Å²) in [5.41, 5.74) is 0.797. The van der Waals surface area contributed by atoms with E-state index in [2.05, 4.69) is 27.3 Å². The minimum Gasteiger partial charge on any atom is -0.475 e. The molecule has 25 heavy (non-hydrogen) atoms. The maximum Gasteiger partial charge on any atom is 0.255 e. The first-order valence-electron chi connectivity index (χ1n) is 9.14. The molecule has 0 radical (unpaired) electrons. The Morgan fingerprint density at radius 1 is 1.20 bits per heavy atom. The lowest BCUT2D eigenvalue weighted by atomic mass is 9.83. The zero-order valence-electron chi connectivity index (χ0n) is 14.5. The van der Waals surface area contributed by atoms with E-state index in [0.717, 1.165) is 30.6 Å². The van der Waals surface area contributed by atoms with E-state index in [4.69, 9.17) is 4.74 Å². The predicted molar refractivity (Wildman–Crippen MR) is 92.4 cm³/mol. The molecule has 0 saturated heterocycles. The Balaban J connectivity index is 1.37. The molecule has 0 bridgehead atoms. The largest absolute Gasteiger partial charge is 0.475 e. The van der Waals surface area contributed by atoms with E-state index in [1.165, 1.54) is 25.7 Å². The third-order valence-corrected chi connectivity index (χ3v) is 5.08. The Morgan fingerprint density at radius 2 is 2.00 bits per heavy atom.